The molecule has 114 valence electrons. The van der Waals surface area contributed by atoms with Crippen molar-refractivity contribution in [2.45, 2.75) is 50.7 Å². The number of thiazole rings is 1. The molecule has 1 heterocycles. The number of benzene rings is 1. The van der Waals surface area contributed by atoms with Gasteiger partial charge >= 0.3 is 0 Å². The zero-order chi connectivity index (χ0) is 14.7. The Morgan fingerprint density at radius 2 is 2.05 bits per heavy atom. The third-order valence-electron chi connectivity index (χ3n) is 4.56. The Bertz CT molecular complexity index is 544. The molecule has 2 unspecified atom stereocenters. The maximum Gasteiger partial charge on any atom is 0.0955 e. The molecular weight excluding hydrogens is 280 g/mol. The average molecular weight is 304 g/mol. The fourth-order valence-corrected chi connectivity index (χ4v) is 4.54. The highest BCUT2D eigenvalue weighted by Crippen LogP contribution is 2.30. The Labute approximate surface area is 130 Å². The molecule has 1 aromatic heterocycles. The van der Waals surface area contributed by atoms with Gasteiger partial charge in [0.25, 0.3) is 0 Å². The summed E-state index contributed by atoms with van der Waals surface area (Å²) in [6, 6.07) is 8.32. The van der Waals surface area contributed by atoms with E-state index in [4.69, 9.17) is 15.5 Å². The summed E-state index contributed by atoms with van der Waals surface area (Å²) in [5.41, 5.74) is 7.53. The molecule has 1 aromatic carbocycles. The molecule has 0 saturated heterocycles. The number of aromatic nitrogens is 1. The second-order valence-electron chi connectivity index (χ2n) is 6.04. The number of hydrogen-bond acceptors (Lipinski definition) is 4. The Hall–Kier alpha value is -0.970. The van der Waals surface area contributed by atoms with E-state index < -0.39 is 0 Å². The van der Waals surface area contributed by atoms with E-state index in [1.165, 1.54) is 36.8 Å². The van der Waals surface area contributed by atoms with Crippen molar-refractivity contribution < 1.29 is 4.74 Å². The van der Waals surface area contributed by atoms with Gasteiger partial charge in [-0.1, -0.05) is 31.4 Å². The second-order valence-corrected chi connectivity index (χ2v) is 7.16. The molecule has 0 bridgehead atoms. The van der Waals surface area contributed by atoms with Gasteiger partial charge in [-0.15, -0.1) is 11.3 Å². The zero-order valence-corrected chi connectivity index (χ0v) is 13.4. The van der Waals surface area contributed by atoms with Gasteiger partial charge in [0.15, 0.2) is 0 Å². The number of hydrogen-bond donors (Lipinski definition) is 1. The molecule has 2 N–H and O–H groups in total. The monoisotopic (exact) mass is 304 g/mol. The molecule has 0 aliphatic heterocycles. The summed E-state index contributed by atoms with van der Waals surface area (Å²) in [5, 5.41) is 1.13. The van der Waals surface area contributed by atoms with Gasteiger partial charge in [0.2, 0.25) is 0 Å². The van der Waals surface area contributed by atoms with Gasteiger partial charge in [0, 0.05) is 19.6 Å². The summed E-state index contributed by atoms with van der Waals surface area (Å²) in [5.74, 6) is 0.619. The molecule has 1 fully saturated rings. The molecule has 2 aromatic rings. The lowest BCUT2D eigenvalue weighted by Crippen LogP contribution is -2.43. The molecule has 3 nitrogen and oxygen atoms in total. The van der Waals surface area contributed by atoms with E-state index in [-0.39, 0.29) is 12.1 Å². The molecule has 2 atom stereocenters. The van der Waals surface area contributed by atoms with Crippen LogP contribution in [0, 0.1) is 5.92 Å². The van der Waals surface area contributed by atoms with Crippen LogP contribution in [-0.4, -0.2) is 24.2 Å². The first-order valence-corrected chi connectivity index (χ1v) is 8.72. The van der Waals surface area contributed by atoms with Crippen LogP contribution in [0.3, 0.4) is 0 Å². The standard InChI is InChI=1S/C17H24N2OS/c1-20-17(12-7-3-2-4-8-12)13(18)11-16-19-14-9-5-6-10-15(14)21-16/h5-6,9-10,12-13,17H,2-4,7-8,11,18H2,1H3. The minimum atomic E-state index is 0.0404. The number of para-hydroxylation sites is 1. The summed E-state index contributed by atoms with van der Waals surface area (Å²) >= 11 is 1.75. The fourth-order valence-electron chi connectivity index (χ4n) is 3.50. The van der Waals surface area contributed by atoms with E-state index in [9.17, 15) is 0 Å². The van der Waals surface area contributed by atoms with Crippen LogP contribution in [-0.2, 0) is 11.2 Å². The lowest BCUT2D eigenvalue weighted by molar-refractivity contribution is 0.0179. The van der Waals surface area contributed by atoms with Crippen molar-refractivity contribution in [2.75, 3.05) is 7.11 Å². The Balaban J connectivity index is 1.69. The normalized spacial score (nSPS) is 19.7. The lowest BCUT2D eigenvalue weighted by Gasteiger charge is -2.32. The number of ether oxygens (including phenoxy) is 1. The number of nitrogens with zero attached hydrogens (tertiary/aromatic N) is 1. The molecule has 1 aliphatic rings. The predicted molar refractivity (Wildman–Crippen MR) is 88.7 cm³/mol. The highest BCUT2D eigenvalue weighted by atomic mass is 32.1. The molecule has 3 rings (SSSR count). The first-order chi connectivity index (χ1) is 10.3. The first kappa shape index (κ1) is 14.9. The Morgan fingerprint density at radius 3 is 2.76 bits per heavy atom. The summed E-state index contributed by atoms with van der Waals surface area (Å²) in [6.07, 6.45) is 7.49. The van der Waals surface area contributed by atoms with Crippen LogP contribution in [0.1, 0.15) is 37.1 Å². The van der Waals surface area contributed by atoms with Gasteiger partial charge < -0.3 is 10.5 Å². The number of rotatable bonds is 5. The van der Waals surface area contributed by atoms with E-state index in [0.29, 0.717) is 5.92 Å². The first-order valence-electron chi connectivity index (χ1n) is 7.91. The summed E-state index contributed by atoms with van der Waals surface area (Å²) < 4.78 is 6.99. The smallest absolute Gasteiger partial charge is 0.0955 e. The molecule has 0 spiro atoms. The van der Waals surface area contributed by atoms with Crippen LogP contribution in [0.5, 0.6) is 0 Å². The quantitative estimate of drug-likeness (QED) is 0.915. The van der Waals surface area contributed by atoms with Crippen LogP contribution >= 0.6 is 11.3 Å². The maximum atomic E-state index is 6.45. The van der Waals surface area contributed by atoms with E-state index in [2.05, 4.69) is 18.2 Å². The number of methoxy groups -OCH3 is 1. The minimum Gasteiger partial charge on any atom is -0.380 e. The van der Waals surface area contributed by atoms with Crippen LogP contribution in [0.4, 0.5) is 0 Å². The molecular formula is C17H24N2OS. The third kappa shape index (κ3) is 3.44. The minimum absolute atomic E-state index is 0.0404. The fraction of sp³-hybridized carbons (Fsp3) is 0.588. The molecule has 0 radical (unpaired) electrons. The van der Waals surface area contributed by atoms with Gasteiger partial charge in [-0.25, -0.2) is 4.98 Å². The van der Waals surface area contributed by atoms with Crippen LogP contribution in [0.2, 0.25) is 0 Å². The van der Waals surface area contributed by atoms with Crippen molar-refractivity contribution in [3.8, 4) is 0 Å². The van der Waals surface area contributed by atoms with Gasteiger partial charge in [-0.05, 0) is 30.9 Å². The predicted octanol–water partition coefficient (Wildman–Crippen LogP) is 3.76. The lowest BCUT2D eigenvalue weighted by atomic mass is 9.82. The van der Waals surface area contributed by atoms with Gasteiger partial charge in [0.05, 0.1) is 21.3 Å². The second kappa shape index (κ2) is 6.86. The van der Waals surface area contributed by atoms with E-state index in [1.807, 2.05) is 6.07 Å². The van der Waals surface area contributed by atoms with E-state index in [0.717, 1.165) is 16.9 Å². The molecule has 4 heteroatoms. The Morgan fingerprint density at radius 1 is 1.29 bits per heavy atom. The van der Waals surface area contributed by atoms with Crippen molar-refractivity contribution in [1.29, 1.82) is 0 Å². The summed E-state index contributed by atoms with van der Waals surface area (Å²) in [7, 11) is 1.80. The topological polar surface area (TPSA) is 48.1 Å². The van der Waals surface area contributed by atoms with Crippen molar-refractivity contribution in [3.05, 3.63) is 29.3 Å². The average Bonchev–Trinajstić information content (AvgIpc) is 2.91. The third-order valence-corrected chi connectivity index (χ3v) is 5.62. The highest BCUT2D eigenvalue weighted by Gasteiger charge is 2.29. The highest BCUT2D eigenvalue weighted by molar-refractivity contribution is 7.18. The molecule has 0 amide bonds. The van der Waals surface area contributed by atoms with E-state index in [1.54, 1.807) is 18.4 Å². The van der Waals surface area contributed by atoms with Crippen molar-refractivity contribution in [1.82, 2.24) is 4.98 Å². The van der Waals surface area contributed by atoms with Gasteiger partial charge in [-0.3, -0.25) is 0 Å². The summed E-state index contributed by atoms with van der Waals surface area (Å²) in [4.78, 5) is 4.70. The van der Waals surface area contributed by atoms with Crippen LogP contribution < -0.4 is 5.73 Å². The largest absolute Gasteiger partial charge is 0.380 e. The van der Waals surface area contributed by atoms with E-state index >= 15 is 0 Å². The number of fused-ring (bicyclic) bond motifs is 1. The van der Waals surface area contributed by atoms with Crippen LogP contribution in [0.25, 0.3) is 10.2 Å². The summed E-state index contributed by atoms with van der Waals surface area (Å²) in [6.45, 7) is 0. The SMILES string of the molecule is COC(C(N)Cc1nc2ccccc2s1)C1CCCCC1. The number of nitrogens with two attached hydrogens (primary N) is 1. The van der Waals surface area contributed by atoms with Crippen molar-refractivity contribution >= 4 is 21.6 Å². The van der Waals surface area contributed by atoms with Crippen molar-refractivity contribution in [2.24, 2.45) is 11.7 Å². The zero-order valence-electron chi connectivity index (χ0n) is 12.6. The van der Waals surface area contributed by atoms with Crippen LogP contribution in [0.15, 0.2) is 24.3 Å². The molecule has 21 heavy (non-hydrogen) atoms. The molecule has 1 saturated carbocycles. The Kier molecular flexibility index (Phi) is 4.88. The van der Waals surface area contributed by atoms with Gasteiger partial charge in [-0.2, -0.15) is 0 Å². The van der Waals surface area contributed by atoms with Gasteiger partial charge in [0.1, 0.15) is 0 Å². The molecule has 1 aliphatic carbocycles. The maximum absolute atomic E-state index is 6.45. The van der Waals surface area contributed by atoms with Crippen molar-refractivity contribution in [3.63, 3.8) is 0 Å².